The fourth-order valence-electron chi connectivity index (χ4n) is 0. The molecule has 0 atom stereocenters. The summed E-state index contributed by atoms with van der Waals surface area (Å²) in [6.45, 7) is 0. The largest absolute Gasteiger partial charge is 3.00 e. The standard InChI is InChI=1S/Ba.Cu.Dy.5O.Y/q2*+2;+3;5*-2;+3. The van der Waals surface area contributed by atoms with Crippen molar-refractivity contribution in [2.75, 3.05) is 0 Å². The van der Waals surface area contributed by atoms with Crippen molar-refractivity contribution in [1.29, 1.82) is 0 Å². The Balaban J connectivity index is 0. The Bertz CT molecular complexity index is 16.9. The predicted molar refractivity (Wildman–Crippen MR) is 9.19 cm³/mol. The van der Waals surface area contributed by atoms with Crippen molar-refractivity contribution in [3.63, 3.8) is 0 Å². The minimum atomic E-state index is 0. The minimum Gasteiger partial charge on any atom is -2.00 e. The molecule has 5 nitrogen and oxygen atoms in total. The fourth-order valence-corrected chi connectivity index (χ4v) is 0. The molecule has 0 saturated carbocycles. The van der Waals surface area contributed by atoms with Crippen LogP contribution in [-0.2, 0) is 77.2 Å². The summed E-state index contributed by atoms with van der Waals surface area (Å²) in [5, 5.41) is 0. The van der Waals surface area contributed by atoms with Gasteiger partial charge in [-0.25, -0.2) is 0 Å². The smallest absolute Gasteiger partial charge is 2.00 e. The van der Waals surface area contributed by atoms with Crippen LogP contribution in [-0.4, -0.2) is 48.9 Å². The monoisotopic (exact) mass is 534 g/mol. The quantitative estimate of drug-likeness (QED) is 0.354. The van der Waals surface area contributed by atoms with E-state index in [9.17, 15) is 0 Å². The zero-order valence-corrected chi connectivity index (χ0v) is 14.2. The second-order valence-corrected chi connectivity index (χ2v) is 0. The van der Waals surface area contributed by atoms with Gasteiger partial charge in [0.1, 0.15) is 0 Å². The maximum atomic E-state index is 0. The summed E-state index contributed by atoms with van der Waals surface area (Å²) in [7, 11) is 0. The normalized spacial score (nSPS) is 0. The van der Waals surface area contributed by atoms with E-state index in [4.69, 9.17) is 0 Å². The van der Waals surface area contributed by atoms with Crippen LogP contribution in [0.2, 0.25) is 0 Å². The second-order valence-electron chi connectivity index (χ2n) is 0. The van der Waals surface area contributed by atoms with E-state index in [1.165, 1.54) is 0 Å². The van der Waals surface area contributed by atoms with Gasteiger partial charge in [-0.1, -0.05) is 0 Å². The van der Waals surface area contributed by atoms with Crippen molar-refractivity contribution in [2.45, 2.75) is 0 Å². The molecule has 0 rings (SSSR count). The molecule has 0 aliphatic rings. The predicted octanol–water partition coefficient (Wildman–Crippen LogP) is -0.980. The average molecular weight is 532 g/mol. The molecule has 9 heteroatoms. The second kappa shape index (κ2) is 85.5. The van der Waals surface area contributed by atoms with Crippen molar-refractivity contribution in [3.05, 3.63) is 0 Å². The SMILES string of the molecule is [Ba+2].[Cu+2].[Dy+3].[O-2].[O-2].[O-2].[O-2].[O-2].[Y+3]. The Kier molecular flexibility index (Phi) is 1040. The van der Waals surface area contributed by atoms with Crippen LogP contribution in [0, 0.1) is 38.2 Å². The van der Waals surface area contributed by atoms with E-state index < -0.39 is 0 Å². The number of hydrogen-bond donors (Lipinski definition) is 0. The fraction of sp³-hybridized carbons (Fsp3) is 0. The van der Waals surface area contributed by atoms with Gasteiger partial charge in [0.05, 0.1) is 0 Å². The van der Waals surface area contributed by atoms with Crippen LogP contribution in [0.1, 0.15) is 0 Å². The van der Waals surface area contributed by atoms with Gasteiger partial charge in [0, 0.05) is 0 Å². The third-order valence-electron chi connectivity index (χ3n) is 0. The van der Waals surface area contributed by atoms with Crippen LogP contribution < -0.4 is 0 Å². The maximum Gasteiger partial charge on any atom is 3.00 e. The van der Waals surface area contributed by atoms with E-state index >= 15 is 0 Å². The molecule has 0 aliphatic heterocycles. The van der Waals surface area contributed by atoms with Crippen LogP contribution in [0.4, 0.5) is 0 Å². The molecule has 0 amide bonds. The van der Waals surface area contributed by atoms with Gasteiger partial charge in [0.25, 0.3) is 0 Å². The van der Waals surface area contributed by atoms with Crippen LogP contribution in [0.3, 0.4) is 0 Å². The van der Waals surface area contributed by atoms with Crippen LogP contribution >= 0.6 is 0 Å². The van der Waals surface area contributed by atoms with Gasteiger partial charge in [-0.05, 0) is 0 Å². The molecule has 0 heterocycles. The molecule has 0 aromatic carbocycles. The molecule has 0 unspecified atom stereocenters. The summed E-state index contributed by atoms with van der Waals surface area (Å²) >= 11 is 0. The molecule has 0 saturated heterocycles. The van der Waals surface area contributed by atoms with Gasteiger partial charge in [-0.2, -0.15) is 0 Å². The Morgan fingerprint density at radius 2 is 0.556 bits per heavy atom. The van der Waals surface area contributed by atoms with E-state index in [0.29, 0.717) is 0 Å². The topological polar surface area (TPSA) is 142 Å². The Labute approximate surface area is 160 Å². The van der Waals surface area contributed by atoms with Gasteiger partial charge in [0.15, 0.2) is 0 Å². The molecule has 0 bridgehead atoms. The molecule has 0 spiro atoms. The summed E-state index contributed by atoms with van der Waals surface area (Å²) < 4.78 is 0. The van der Waals surface area contributed by atoms with Crippen molar-refractivity contribution in [2.24, 2.45) is 0 Å². The Morgan fingerprint density at radius 3 is 0.556 bits per heavy atom. The molecule has 0 N–H and O–H groups in total. The minimum absolute atomic E-state index is 0. The van der Waals surface area contributed by atoms with E-state index in [1.54, 1.807) is 0 Å². The summed E-state index contributed by atoms with van der Waals surface area (Å²) in [5.41, 5.74) is 0. The molecule has 0 aliphatic carbocycles. The van der Waals surface area contributed by atoms with Crippen molar-refractivity contribution >= 4 is 48.9 Å². The van der Waals surface area contributed by atoms with Crippen LogP contribution in [0.25, 0.3) is 0 Å². The average Bonchev–Trinajstić information content (AvgIpc) is 0. The number of rotatable bonds is 0. The van der Waals surface area contributed by atoms with Gasteiger partial charge < -0.3 is 27.4 Å². The third-order valence-corrected chi connectivity index (χ3v) is 0. The first kappa shape index (κ1) is 110. The Morgan fingerprint density at radius 1 is 0.556 bits per heavy atom. The third kappa shape index (κ3) is 71.0. The molecule has 0 aromatic rings. The van der Waals surface area contributed by atoms with E-state index in [2.05, 4.69) is 0 Å². The molecule has 0 aromatic heterocycles. The molecule has 9 heavy (non-hydrogen) atoms. The molecular formula is BaCuDyO5Y. The van der Waals surface area contributed by atoms with Crippen LogP contribution in [0.5, 0.6) is 0 Å². The summed E-state index contributed by atoms with van der Waals surface area (Å²) in [6, 6.07) is 0. The summed E-state index contributed by atoms with van der Waals surface area (Å²) in [6.07, 6.45) is 0. The zero-order chi connectivity index (χ0) is 0. The first-order valence-electron chi connectivity index (χ1n) is 0. The van der Waals surface area contributed by atoms with Gasteiger partial charge in [-0.3, -0.25) is 0 Å². The maximum absolute atomic E-state index is 0. The van der Waals surface area contributed by atoms with Crippen molar-refractivity contribution in [1.82, 2.24) is 0 Å². The molecule has 0 fully saturated rings. The van der Waals surface area contributed by atoms with E-state index in [-0.39, 0.29) is 164 Å². The van der Waals surface area contributed by atoms with Gasteiger partial charge >= 0.3 is 137 Å². The zero-order valence-electron chi connectivity index (χ0n) is 3.94. The van der Waals surface area contributed by atoms with E-state index in [0.717, 1.165) is 0 Å². The van der Waals surface area contributed by atoms with E-state index in [1.807, 2.05) is 0 Å². The van der Waals surface area contributed by atoms with Crippen molar-refractivity contribution in [3.8, 4) is 0 Å². The first-order valence-corrected chi connectivity index (χ1v) is 0. The molecule has 56 valence electrons. The summed E-state index contributed by atoms with van der Waals surface area (Å²) in [5.74, 6) is 0. The van der Waals surface area contributed by atoms with Crippen molar-refractivity contribution < 1.29 is 115 Å². The van der Waals surface area contributed by atoms with Gasteiger partial charge in [-0.15, -0.1) is 0 Å². The van der Waals surface area contributed by atoms with Crippen LogP contribution in [0.15, 0.2) is 0 Å². The Hall–Kier alpha value is 4.27. The summed E-state index contributed by atoms with van der Waals surface area (Å²) in [4.78, 5) is 0. The molecule has 2 radical (unpaired) electrons. The van der Waals surface area contributed by atoms with Gasteiger partial charge in [0.2, 0.25) is 0 Å². The molecular weight excluding hydrogens is 532 g/mol. The number of hydrogen-bond acceptors (Lipinski definition) is 0. The first-order chi connectivity index (χ1) is 0.